The number of thiocarbonyl (C=S) groups is 1. The van der Waals surface area contributed by atoms with Gasteiger partial charge in [-0.05, 0) is 53.1 Å². The fourth-order valence-electron chi connectivity index (χ4n) is 1.62. The molecule has 1 fully saturated rings. The van der Waals surface area contributed by atoms with E-state index in [9.17, 15) is 0 Å². The van der Waals surface area contributed by atoms with Crippen LogP contribution in [-0.4, -0.2) is 29.4 Å². The van der Waals surface area contributed by atoms with Crippen molar-refractivity contribution < 1.29 is 4.74 Å². The number of aromatic nitrogens is 1. The van der Waals surface area contributed by atoms with E-state index in [2.05, 4.69) is 31.5 Å². The highest BCUT2D eigenvalue weighted by Crippen LogP contribution is 2.11. The molecule has 0 aliphatic carbocycles. The van der Waals surface area contributed by atoms with E-state index in [1.165, 1.54) is 0 Å². The number of hydrogen-bond acceptors (Lipinski definition) is 3. The standard InChI is InChI=1S/C11H14BrN3OS/c12-8-3-4-10(13-6-8)15-11(17)14-7-9-2-1-5-16-9/h3-4,6,9H,1-2,5,7H2,(H2,13,14,15,17). The van der Waals surface area contributed by atoms with Gasteiger partial charge in [0.2, 0.25) is 0 Å². The maximum absolute atomic E-state index is 5.50. The minimum atomic E-state index is 0.285. The summed E-state index contributed by atoms with van der Waals surface area (Å²) in [5, 5.41) is 6.74. The van der Waals surface area contributed by atoms with Crippen molar-refractivity contribution >= 4 is 39.1 Å². The normalized spacial score (nSPS) is 19.0. The van der Waals surface area contributed by atoms with Gasteiger partial charge in [0, 0.05) is 23.8 Å². The second kappa shape index (κ2) is 6.28. The lowest BCUT2D eigenvalue weighted by Crippen LogP contribution is -2.35. The van der Waals surface area contributed by atoms with Gasteiger partial charge in [-0.25, -0.2) is 4.98 Å². The third-order valence-electron chi connectivity index (χ3n) is 2.48. The predicted octanol–water partition coefficient (Wildman–Crippen LogP) is 2.31. The van der Waals surface area contributed by atoms with Crippen LogP contribution in [0.4, 0.5) is 5.82 Å². The van der Waals surface area contributed by atoms with Gasteiger partial charge in [0.15, 0.2) is 5.11 Å². The Hall–Kier alpha value is -0.720. The molecule has 0 aromatic carbocycles. The number of ether oxygens (including phenoxy) is 1. The monoisotopic (exact) mass is 315 g/mol. The summed E-state index contributed by atoms with van der Waals surface area (Å²) in [4.78, 5) is 4.18. The maximum atomic E-state index is 5.50. The molecule has 1 saturated heterocycles. The van der Waals surface area contributed by atoms with Gasteiger partial charge in [-0.3, -0.25) is 0 Å². The Morgan fingerprint density at radius 2 is 2.47 bits per heavy atom. The molecule has 2 N–H and O–H groups in total. The molecular formula is C11H14BrN3OS. The van der Waals surface area contributed by atoms with E-state index in [1.54, 1.807) is 6.20 Å². The summed E-state index contributed by atoms with van der Waals surface area (Å²) in [6.07, 6.45) is 4.26. The molecule has 0 radical (unpaired) electrons. The molecule has 4 nitrogen and oxygen atoms in total. The van der Waals surface area contributed by atoms with E-state index in [4.69, 9.17) is 17.0 Å². The molecule has 1 atom stereocenters. The average Bonchev–Trinajstić information content (AvgIpc) is 2.83. The topological polar surface area (TPSA) is 46.2 Å². The Bertz CT molecular complexity index is 379. The lowest BCUT2D eigenvalue weighted by molar-refractivity contribution is 0.114. The molecule has 0 bridgehead atoms. The van der Waals surface area contributed by atoms with Crippen LogP contribution in [0.5, 0.6) is 0 Å². The number of nitrogens with one attached hydrogen (secondary N) is 2. The molecule has 17 heavy (non-hydrogen) atoms. The van der Waals surface area contributed by atoms with E-state index in [0.29, 0.717) is 5.11 Å². The molecule has 1 aromatic rings. The highest BCUT2D eigenvalue weighted by Gasteiger charge is 2.15. The minimum Gasteiger partial charge on any atom is -0.376 e. The van der Waals surface area contributed by atoms with Crippen LogP contribution in [0.15, 0.2) is 22.8 Å². The average molecular weight is 316 g/mol. The molecule has 0 spiro atoms. The first-order chi connectivity index (χ1) is 8.24. The van der Waals surface area contributed by atoms with Crippen LogP contribution in [0.1, 0.15) is 12.8 Å². The molecular weight excluding hydrogens is 302 g/mol. The Kier molecular flexibility index (Phi) is 4.70. The van der Waals surface area contributed by atoms with Crippen molar-refractivity contribution in [2.24, 2.45) is 0 Å². The second-order valence-corrected chi connectivity index (χ2v) is 5.16. The van der Waals surface area contributed by atoms with Crippen molar-refractivity contribution in [2.45, 2.75) is 18.9 Å². The lowest BCUT2D eigenvalue weighted by Gasteiger charge is -2.13. The number of rotatable bonds is 3. The number of halogens is 1. The molecule has 6 heteroatoms. The van der Waals surface area contributed by atoms with Crippen molar-refractivity contribution in [1.82, 2.24) is 10.3 Å². The maximum Gasteiger partial charge on any atom is 0.172 e. The summed E-state index contributed by atoms with van der Waals surface area (Å²) in [6, 6.07) is 3.78. The van der Waals surface area contributed by atoms with Gasteiger partial charge in [-0.2, -0.15) is 0 Å². The van der Waals surface area contributed by atoms with Gasteiger partial charge in [0.05, 0.1) is 6.10 Å². The van der Waals surface area contributed by atoms with Crippen LogP contribution in [0.2, 0.25) is 0 Å². The molecule has 1 aliphatic heterocycles. The first kappa shape index (κ1) is 12.7. The highest BCUT2D eigenvalue weighted by molar-refractivity contribution is 9.10. The molecule has 2 rings (SSSR count). The molecule has 1 aliphatic rings. The smallest absolute Gasteiger partial charge is 0.172 e. The molecule has 1 unspecified atom stereocenters. The molecule has 1 aromatic heterocycles. The fourth-order valence-corrected chi connectivity index (χ4v) is 2.04. The van der Waals surface area contributed by atoms with Crippen LogP contribution in [0.3, 0.4) is 0 Å². The van der Waals surface area contributed by atoms with Gasteiger partial charge >= 0.3 is 0 Å². The molecule has 0 saturated carbocycles. The van der Waals surface area contributed by atoms with E-state index in [0.717, 1.165) is 36.3 Å². The lowest BCUT2D eigenvalue weighted by atomic mass is 10.2. The van der Waals surface area contributed by atoms with E-state index < -0.39 is 0 Å². The number of anilines is 1. The van der Waals surface area contributed by atoms with E-state index in [-0.39, 0.29) is 6.10 Å². The van der Waals surface area contributed by atoms with Gasteiger partial charge in [-0.1, -0.05) is 0 Å². The Morgan fingerprint density at radius 1 is 1.59 bits per heavy atom. The van der Waals surface area contributed by atoms with Crippen LogP contribution in [0.25, 0.3) is 0 Å². The van der Waals surface area contributed by atoms with Gasteiger partial charge < -0.3 is 15.4 Å². The third-order valence-corrected chi connectivity index (χ3v) is 3.20. The summed E-state index contributed by atoms with van der Waals surface area (Å²) >= 11 is 8.51. The SMILES string of the molecule is S=C(NCC1CCCO1)Nc1ccc(Br)cn1. The van der Waals surface area contributed by atoms with Crippen molar-refractivity contribution in [3.63, 3.8) is 0 Å². The first-order valence-electron chi connectivity index (χ1n) is 5.52. The summed E-state index contributed by atoms with van der Waals surface area (Å²) in [7, 11) is 0. The first-order valence-corrected chi connectivity index (χ1v) is 6.72. The Labute approximate surface area is 114 Å². The van der Waals surface area contributed by atoms with E-state index in [1.807, 2.05) is 12.1 Å². The molecule has 2 heterocycles. The predicted molar refractivity (Wildman–Crippen MR) is 75.1 cm³/mol. The highest BCUT2D eigenvalue weighted by atomic mass is 79.9. The zero-order chi connectivity index (χ0) is 12.1. The minimum absolute atomic E-state index is 0.285. The molecule has 0 amide bonds. The van der Waals surface area contributed by atoms with Crippen LogP contribution < -0.4 is 10.6 Å². The van der Waals surface area contributed by atoms with Gasteiger partial charge in [0.25, 0.3) is 0 Å². The van der Waals surface area contributed by atoms with Gasteiger partial charge in [0.1, 0.15) is 5.82 Å². The van der Waals surface area contributed by atoms with Crippen molar-refractivity contribution in [2.75, 3.05) is 18.5 Å². The zero-order valence-corrected chi connectivity index (χ0v) is 11.7. The summed E-state index contributed by atoms with van der Waals surface area (Å²) in [5.41, 5.74) is 0. The number of pyridine rings is 1. The third kappa shape index (κ3) is 4.22. The van der Waals surface area contributed by atoms with Crippen molar-refractivity contribution in [1.29, 1.82) is 0 Å². The fraction of sp³-hybridized carbons (Fsp3) is 0.455. The van der Waals surface area contributed by atoms with Gasteiger partial charge in [-0.15, -0.1) is 0 Å². The Balaban J connectivity index is 1.74. The van der Waals surface area contributed by atoms with Crippen LogP contribution in [0, 0.1) is 0 Å². The van der Waals surface area contributed by atoms with Crippen molar-refractivity contribution in [3.8, 4) is 0 Å². The number of hydrogen-bond donors (Lipinski definition) is 2. The molecule has 92 valence electrons. The largest absolute Gasteiger partial charge is 0.376 e. The number of nitrogens with zero attached hydrogens (tertiary/aromatic N) is 1. The summed E-state index contributed by atoms with van der Waals surface area (Å²) in [5.74, 6) is 0.734. The summed E-state index contributed by atoms with van der Waals surface area (Å²) in [6.45, 7) is 1.61. The second-order valence-electron chi connectivity index (χ2n) is 3.83. The Morgan fingerprint density at radius 3 is 3.12 bits per heavy atom. The quantitative estimate of drug-likeness (QED) is 0.838. The zero-order valence-electron chi connectivity index (χ0n) is 9.28. The van der Waals surface area contributed by atoms with Crippen molar-refractivity contribution in [3.05, 3.63) is 22.8 Å². The summed E-state index contributed by atoms with van der Waals surface area (Å²) < 4.78 is 6.44. The van der Waals surface area contributed by atoms with E-state index >= 15 is 0 Å². The van der Waals surface area contributed by atoms with Crippen LogP contribution >= 0.6 is 28.1 Å². The van der Waals surface area contributed by atoms with Crippen LogP contribution in [-0.2, 0) is 4.74 Å².